The highest BCUT2D eigenvalue weighted by Crippen LogP contribution is 2.33. The van der Waals surface area contributed by atoms with Gasteiger partial charge in [0.2, 0.25) is 5.91 Å². The van der Waals surface area contributed by atoms with Gasteiger partial charge in [0, 0.05) is 28.7 Å². The molecule has 3 aromatic carbocycles. The molecule has 0 aliphatic carbocycles. The molecule has 1 atom stereocenters. The number of aryl methyl sites for hydroxylation is 1. The van der Waals surface area contributed by atoms with Crippen molar-refractivity contribution in [2.75, 3.05) is 10.6 Å². The molecule has 0 saturated heterocycles. The Morgan fingerprint density at radius 2 is 1.77 bits per heavy atom. The predicted octanol–water partition coefficient (Wildman–Crippen LogP) is 5.98. The fourth-order valence-corrected chi connectivity index (χ4v) is 4.77. The van der Waals surface area contributed by atoms with Gasteiger partial charge in [-0.05, 0) is 59.8 Å². The molecule has 7 heteroatoms. The van der Waals surface area contributed by atoms with Crippen molar-refractivity contribution in [3.05, 3.63) is 111 Å². The van der Waals surface area contributed by atoms with E-state index in [1.165, 1.54) is 11.3 Å². The first kappa shape index (κ1) is 22.4. The molecule has 0 bridgehead atoms. The molecule has 1 aliphatic heterocycles. The van der Waals surface area contributed by atoms with Crippen LogP contribution in [-0.4, -0.2) is 23.8 Å². The third-order valence-electron chi connectivity index (χ3n) is 5.77. The number of nitrogens with one attached hydrogen (secondary N) is 2. The van der Waals surface area contributed by atoms with Gasteiger partial charge in [0.25, 0.3) is 5.91 Å². The maximum Gasteiger partial charge on any atom is 0.265 e. The molecule has 4 aromatic rings. The number of ketones is 1. The number of carbonyl (C=O) groups excluding carboxylic acids is 3. The molecule has 1 aliphatic rings. The van der Waals surface area contributed by atoms with E-state index < -0.39 is 5.92 Å². The molecule has 0 fully saturated rings. The zero-order valence-electron chi connectivity index (χ0n) is 18.8. The van der Waals surface area contributed by atoms with Crippen molar-refractivity contribution in [3.63, 3.8) is 0 Å². The van der Waals surface area contributed by atoms with Crippen LogP contribution < -0.4 is 10.6 Å². The third-order valence-corrected chi connectivity index (χ3v) is 6.79. The van der Waals surface area contributed by atoms with Gasteiger partial charge in [0.05, 0.1) is 10.6 Å². The van der Waals surface area contributed by atoms with Crippen molar-refractivity contribution in [1.82, 2.24) is 0 Å². The third kappa shape index (κ3) is 4.67. The maximum absolute atomic E-state index is 13.2. The van der Waals surface area contributed by atoms with Crippen LogP contribution in [0.3, 0.4) is 0 Å². The largest absolute Gasteiger partial charge is 0.325 e. The van der Waals surface area contributed by atoms with Crippen LogP contribution in [0.15, 0.2) is 89.2 Å². The first-order chi connectivity index (χ1) is 17.0. The lowest BCUT2D eigenvalue weighted by atomic mass is 9.97. The van der Waals surface area contributed by atoms with Gasteiger partial charge in [-0.1, -0.05) is 42.5 Å². The number of nitrogens with zero attached hydrogens (tertiary/aromatic N) is 1. The quantitative estimate of drug-likeness (QED) is 0.263. The van der Waals surface area contributed by atoms with Gasteiger partial charge < -0.3 is 10.6 Å². The summed E-state index contributed by atoms with van der Waals surface area (Å²) in [6, 6.07) is 23.3. The van der Waals surface area contributed by atoms with Crippen molar-refractivity contribution in [1.29, 1.82) is 0 Å². The molecule has 2 amide bonds. The normalized spacial score (nSPS) is 14.5. The summed E-state index contributed by atoms with van der Waals surface area (Å²) >= 11 is 1.38. The van der Waals surface area contributed by atoms with E-state index in [4.69, 9.17) is 0 Å². The minimum atomic E-state index is -0.520. The lowest BCUT2D eigenvalue weighted by Gasteiger charge is -2.08. The number of amides is 2. The van der Waals surface area contributed by atoms with E-state index >= 15 is 0 Å². The van der Waals surface area contributed by atoms with Crippen LogP contribution in [0.5, 0.6) is 0 Å². The van der Waals surface area contributed by atoms with Gasteiger partial charge in [-0.2, -0.15) is 0 Å². The molecule has 1 unspecified atom stereocenters. The van der Waals surface area contributed by atoms with E-state index in [0.29, 0.717) is 27.4 Å². The number of aliphatic imine (C=N–C) groups is 1. The minimum Gasteiger partial charge on any atom is -0.325 e. The van der Waals surface area contributed by atoms with Crippen LogP contribution in [-0.2, 0) is 4.79 Å². The lowest BCUT2D eigenvalue weighted by molar-refractivity contribution is -0.115. The van der Waals surface area contributed by atoms with Gasteiger partial charge >= 0.3 is 0 Å². The highest BCUT2D eigenvalue weighted by atomic mass is 32.1. The lowest BCUT2D eigenvalue weighted by Crippen LogP contribution is -2.12. The molecule has 2 heterocycles. The van der Waals surface area contributed by atoms with Crippen LogP contribution in [0, 0.1) is 6.92 Å². The highest BCUT2D eigenvalue weighted by molar-refractivity contribution is 7.12. The first-order valence-electron chi connectivity index (χ1n) is 11.0. The second kappa shape index (κ2) is 9.48. The average molecular weight is 480 g/mol. The molecular formula is C28H21N3O3S. The van der Waals surface area contributed by atoms with E-state index in [-0.39, 0.29) is 17.6 Å². The smallest absolute Gasteiger partial charge is 0.265 e. The van der Waals surface area contributed by atoms with Gasteiger partial charge in [-0.15, -0.1) is 11.3 Å². The van der Waals surface area contributed by atoms with Crippen molar-refractivity contribution >= 4 is 52.2 Å². The average Bonchev–Trinajstić information content (AvgIpc) is 3.44. The Morgan fingerprint density at radius 1 is 0.971 bits per heavy atom. The number of hydrogen-bond acceptors (Lipinski definition) is 5. The second-order valence-electron chi connectivity index (χ2n) is 8.18. The maximum atomic E-state index is 13.2. The number of anilines is 2. The summed E-state index contributed by atoms with van der Waals surface area (Å²) in [6.07, 6.45) is 1.62. The summed E-state index contributed by atoms with van der Waals surface area (Å²) in [5, 5.41) is 7.58. The molecule has 172 valence electrons. The van der Waals surface area contributed by atoms with Crippen molar-refractivity contribution in [2.45, 2.75) is 12.8 Å². The fraction of sp³-hybridized carbons (Fsp3) is 0.0714. The monoisotopic (exact) mass is 479 g/mol. The molecule has 0 saturated carbocycles. The number of carbonyl (C=O) groups is 3. The summed E-state index contributed by atoms with van der Waals surface area (Å²) in [5.74, 6) is -1.11. The van der Waals surface area contributed by atoms with E-state index in [1.54, 1.807) is 48.7 Å². The predicted molar refractivity (Wildman–Crippen MR) is 139 cm³/mol. The van der Waals surface area contributed by atoms with Gasteiger partial charge in [-0.25, -0.2) is 0 Å². The summed E-state index contributed by atoms with van der Waals surface area (Å²) in [7, 11) is 0. The number of benzene rings is 3. The number of para-hydroxylation sites is 1. The van der Waals surface area contributed by atoms with Crippen LogP contribution in [0.1, 0.15) is 42.6 Å². The molecule has 1 aromatic heterocycles. The van der Waals surface area contributed by atoms with Crippen molar-refractivity contribution in [3.8, 4) is 0 Å². The molecule has 0 radical (unpaired) electrons. The van der Waals surface area contributed by atoms with E-state index in [0.717, 1.165) is 16.8 Å². The number of rotatable bonds is 6. The standard InChI is InChI=1S/C28H21N3O3S/c1-17-12-13-35-26(17)28(34)30-21-9-5-6-18(14-21)25(32)19-10-11-22-23(27(33)31-24(22)15-19)16-29-20-7-3-2-4-8-20/h2-16,23H,1H3,(H,30,34)(H,31,33). The Balaban J connectivity index is 1.35. The summed E-state index contributed by atoms with van der Waals surface area (Å²) < 4.78 is 0. The van der Waals surface area contributed by atoms with Crippen molar-refractivity contribution in [2.24, 2.45) is 4.99 Å². The van der Waals surface area contributed by atoms with E-state index in [1.807, 2.05) is 48.7 Å². The molecule has 2 N–H and O–H groups in total. The van der Waals surface area contributed by atoms with Crippen LogP contribution in [0.4, 0.5) is 17.1 Å². The van der Waals surface area contributed by atoms with Crippen molar-refractivity contribution < 1.29 is 14.4 Å². The van der Waals surface area contributed by atoms with Gasteiger partial charge in [0.15, 0.2) is 5.78 Å². The van der Waals surface area contributed by atoms with Crippen LogP contribution in [0.2, 0.25) is 0 Å². The first-order valence-corrected chi connectivity index (χ1v) is 11.9. The topological polar surface area (TPSA) is 87.6 Å². The summed E-state index contributed by atoms with van der Waals surface area (Å²) in [5.41, 5.74) is 4.48. The molecular weight excluding hydrogens is 458 g/mol. The van der Waals surface area contributed by atoms with Gasteiger partial charge in [-0.3, -0.25) is 19.4 Å². The Morgan fingerprint density at radius 3 is 2.54 bits per heavy atom. The summed E-state index contributed by atoms with van der Waals surface area (Å²) in [4.78, 5) is 43.3. The molecule has 6 nitrogen and oxygen atoms in total. The molecule has 0 spiro atoms. The second-order valence-corrected chi connectivity index (χ2v) is 9.10. The summed E-state index contributed by atoms with van der Waals surface area (Å²) in [6.45, 7) is 1.88. The Bertz CT molecular complexity index is 1470. The fourth-order valence-electron chi connectivity index (χ4n) is 3.95. The SMILES string of the molecule is Cc1ccsc1C(=O)Nc1cccc(C(=O)c2ccc3c(c2)NC(=O)C3C=Nc2ccccc2)c1. The zero-order chi connectivity index (χ0) is 24.4. The Kier molecular flexibility index (Phi) is 6.08. The molecule has 35 heavy (non-hydrogen) atoms. The van der Waals surface area contributed by atoms with E-state index in [2.05, 4.69) is 15.6 Å². The Labute approximate surface area is 206 Å². The molecule has 5 rings (SSSR count). The van der Waals surface area contributed by atoms with Crippen LogP contribution >= 0.6 is 11.3 Å². The van der Waals surface area contributed by atoms with Crippen LogP contribution in [0.25, 0.3) is 0 Å². The zero-order valence-corrected chi connectivity index (χ0v) is 19.6. The highest BCUT2D eigenvalue weighted by Gasteiger charge is 2.30. The number of thiophene rings is 1. The Hall–Kier alpha value is -4.36. The minimum absolute atomic E-state index is 0.183. The number of hydrogen-bond donors (Lipinski definition) is 2. The van der Waals surface area contributed by atoms with E-state index in [9.17, 15) is 14.4 Å². The van der Waals surface area contributed by atoms with Gasteiger partial charge in [0.1, 0.15) is 5.92 Å². The number of fused-ring (bicyclic) bond motifs is 1.